The second-order valence-corrected chi connectivity index (χ2v) is 5.91. The van der Waals surface area contributed by atoms with Crippen LogP contribution in [-0.4, -0.2) is 4.57 Å². The van der Waals surface area contributed by atoms with E-state index in [1.807, 2.05) is 12.1 Å². The number of nitrogens with one attached hydrogen (secondary N) is 1. The highest BCUT2D eigenvalue weighted by Gasteiger charge is 2.15. The summed E-state index contributed by atoms with van der Waals surface area (Å²) in [5.41, 5.74) is 2.43. The average molecular weight is 288 g/mol. The van der Waals surface area contributed by atoms with Crippen molar-refractivity contribution < 1.29 is 4.39 Å². The van der Waals surface area contributed by atoms with E-state index in [0.29, 0.717) is 5.92 Å². The minimum absolute atomic E-state index is 0.183. The number of hydrogen-bond donors (Lipinski definition) is 1. The van der Waals surface area contributed by atoms with Gasteiger partial charge in [-0.1, -0.05) is 32.9 Å². The fraction of sp³-hybridized carbons (Fsp3) is 0.444. The van der Waals surface area contributed by atoms with E-state index in [2.05, 4.69) is 49.1 Å². The number of hydrogen-bond acceptors (Lipinski definition) is 1. The number of rotatable bonds is 7. The largest absolute Gasteiger partial charge is 0.354 e. The summed E-state index contributed by atoms with van der Waals surface area (Å²) in [6, 6.07) is 9.20. The van der Waals surface area contributed by atoms with E-state index < -0.39 is 0 Å². The highest BCUT2D eigenvalue weighted by atomic mass is 19.1. The summed E-state index contributed by atoms with van der Waals surface area (Å²) in [4.78, 5) is 0. The predicted octanol–water partition coefficient (Wildman–Crippen LogP) is 4.52. The second kappa shape index (κ2) is 7.41. The van der Waals surface area contributed by atoms with Crippen LogP contribution in [0.2, 0.25) is 0 Å². The van der Waals surface area contributed by atoms with Gasteiger partial charge in [-0.25, -0.2) is 4.39 Å². The standard InChI is InChI=1S/C18H25FN2/c1-4-10-21-11-9-15(13-21)12-20-18(14(2)3)16-5-7-17(19)8-6-16/h5-9,11,13-14,18,20H,4,10,12H2,1-3H3. The summed E-state index contributed by atoms with van der Waals surface area (Å²) in [5, 5.41) is 3.59. The van der Waals surface area contributed by atoms with Crippen LogP contribution in [0.4, 0.5) is 4.39 Å². The van der Waals surface area contributed by atoms with Crippen LogP contribution in [0, 0.1) is 11.7 Å². The zero-order chi connectivity index (χ0) is 15.2. The third-order valence-corrected chi connectivity index (χ3v) is 3.72. The molecule has 2 rings (SSSR count). The number of aryl methyl sites for hydroxylation is 1. The molecule has 0 bridgehead atoms. The van der Waals surface area contributed by atoms with Crippen molar-refractivity contribution in [2.24, 2.45) is 5.92 Å². The fourth-order valence-corrected chi connectivity index (χ4v) is 2.63. The van der Waals surface area contributed by atoms with Gasteiger partial charge in [0.05, 0.1) is 0 Å². The lowest BCUT2D eigenvalue weighted by Gasteiger charge is -2.23. The monoisotopic (exact) mass is 288 g/mol. The highest BCUT2D eigenvalue weighted by molar-refractivity contribution is 5.21. The number of halogens is 1. The number of aromatic nitrogens is 1. The van der Waals surface area contributed by atoms with Gasteiger partial charge in [0.25, 0.3) is 0 Å². The Kier molecular flexibility index (Phi) is 5.57. The van der Waals surface area contributed by atoms with E-state index in [0.717, 1.165) is 25.1 Å². The topological polar surface area (TPSA) is 17.0 Å². The zero-order valence-electron chi connectivity index (χ0n) is 13.1. The maximum absolute atomic E-state index is 13.1. The molecule has 1 aromatic carbocycles. The van der Waals surface area contributed by atoms with E-state index in [9.17, 15) is 4.39 Å². The molecule has 0 saturated heterocycles. The Labute approximate surface area is 127 Å². The molecule has 1 N–H and O–H groups in total. The van der Waals surface area contributed by atoms with Crippen LogP contribution in [0.25, 0.3) is 0 Å². The highest BCUT2D eigenvalue weighted by Crippen LogP contribution is 2.22. The Morgan fingerprint density at radius 2 is 1.86 bits per heavy atom. The summed E-state index contributed by atoms with van der Waals surface area (Å²) in [5.74, 6) is 0.270. The second-order valence-electron chi connectivity index (χ2n) is 5.91. The first-order chi connectivity index (χ1) is 10.1. The zero-order valence-corrected chi connectivity index (χ0v) is 13.1. The van der Waals surface area contributed by atoms with Gasteiger partial charge in [-0.05, 0) is 41.7 Å². The predicted molar refractivity (Wildman–Crippen MR) is 85.5 cm³/mol. The van der Waals surface area contributed by atoms with Gasteiger partial charge in [-0.3, -0.25) is 0 Å². The first-order valence-electron chi connectivity index (χ1n) is 7.73. The van der Waals surface area contributed by atoms with Crippen molar-refractivity contribution in [3.05, 3.63) is 59.7 Å². The molecule has 1 atom stereocenters. The van der Waals surface area contributed by atoms with Crippen molar-refractivity contribution in [1.82, 2.24) is 9.88 Å². The lowest BCUT2D eigenvalue weighted by Crippen LogP contribution is -2.25. The summed E-state index contributed by atoms with van der Waals surface area (Å²) in [7, 11) is 0. The number of nitrogens with zero attached hydrogens (tertiary/aromatic N) is 1. The molecule has 0 spiro atoms. The molecule has 1 unspecified atom stereocenters. The molecule has 0 aliphatic carbocycles. The van der Waals surface area contributed by atoms with Crippen molar-refractivity contribution in [3.8, 4) is 0 Å². The summed E-state index contributed by atoms with van der Waals surface area (Å²) in [6.07, 6.45) is 5.47. The van der Waals surface area contributed by atoms with Crippen molar-refractivity contribution in [2.45, 2.75) is 46.3 Å². The van der Waals surface area contributed by atoms with Gasteiger partial charge >= 0.3 is 0 Å². The molecule has 0 aliphatic heterocycles. The average Bonchev–Trinajstić information content (AvgIpc) is 2.89. The molecule has 0 saturated carbocycles. The first kappa shape index (κ1) is 15.8. The lowest BCUT2D eigenvalue weighted by molar-refractivity contribution is 0.410. The fourth-order valence-electron chi connectivity index (χ4n) is 2.63. The molecule has 0 amide bonds. The van der Waals surface area contributed by atoms with Crippen LogP contribution in [0.15, 0.2) is 42.7 Å². The Morgan fingerprint density at radius 3 is 2.48 bits per heavy atom. The van der Waals surface area contributed by atoms with Gasteiger partial charge in [0, 0.05) is 31.5 Å². The summed E-state index contributed by atoms with van der Waals surface area (Å²) in [6.45, 7) is 8.44. The van der Waals surface area contributed by atoms with Crippen molar-refractivity contribution in [2.75, 3.05) is 0 Å². The van der Waals surface area contributed by atoms with E-state index >= 15 is 0 Å². The molecular weight excluding hydrogens is 263 g/mol. The van der Waals surface area contributed by atoms with Crippen molar-refractivity contribution in [3.63, 3.8) is 0 Å². The smallest absolute Gasteiger partial charge is 0.123 e. The van der Waals surface area contributed by atoms with Crippen LogP contribution in [0.3, 0.4) is 0 Å². The molecule has 1 heterocycles. The van der Waals surface area contributed by atoms with E-state index in [4.69, 9.17) is 0 Å². The van der Waals surface area contributed by atoms with Crippen molar-refractivity contribution >= 4 is 0 Å². The van der Waals surface area contributed by atoms with Gasteiger partial charge in [0.1, 0.15) is 5.82 Å². The Morgan fingerprint density at radius 1 is 1.14 bits per heavy atom. The molecule has 0 aliphatic rings. The minimum atomic E-state index is -0.183. The van der Waals surface area contributed by atoms with Gasteiger partial charge in [-0.15, -0.1) is 0 Å². The Bertz CT molecular complexity index is 543. The first-order valence-corrected chi connectivity index (χ1v) is 7.73. The normalized spacial score (nSPS) is 12.8. The molecule has 2 aromatic rings. The third-order valence-electron chi connectivity index (χ3n) is 3.72. The molecule has 2 nitrogen and oxygen atoms in total. The van der Waals surface area contributed by atoms with Gasteiger partial charge in [-0.2, -0.15) is 0 Å². The molecule has 21 heavy (non-hydrogen) atoms. The SMILES string of the molecule is CCCn1ccc(CNC(c2ccc(F)cc2)C(C)C)c1. The van der Waals surface area contributed by atoms with E-state index in [1.54, 1.807) is 0 Å². The lowest BCUT2D eigenvalue weighted by atomic mass is 9.96. The van der Waals surface area contributed by atoms with Gasteiger partial charge < -0.3 is 9.88 Å². The Hall–Kier alpha value is -1.61. The molecule has 114 valence electrons. The molecule has 1 aromatic heterocycles. The van der Waals surface area contributed by atoms with Crippen molar-refractivity contribution in [1.29, 1.82) is 0 Å². The van der Waals surface area contributed by atoms with Crippen LogP contribution in [-0.2, 0) is 13.1 Å². The van der Waals surface area contributed by atoms with Crippen LogP contribution in [0.1, 0.15) is 44.4 Å². The van der Waals surface area contributed by atoms with Gasteiger partial charge in [0.2, 0.25) is 0 Å². The maximum atomic E-state index is 13.1. The molecule has 3 heteroatoms. The van der Waals surface area contributed by atoms with E-state index in [1.165, 1.54) is 17.7 Å². The number of benzene rings is 1. The maximum Gasteiger partial charge on any atom is 0.123 e. The Balaban J connectivity index is 2.01. The van der Waals surface area contributed by atoms with Gasteiger partial charge in [0.15, 0.2) is 0 Å². The van der Waals surface area contributed by atoms with Crippen LogP contribution < -0.4 is 5.32 Å². The quantitative estimate of drug-likeness (QED) is 0.792. The van der Waals surface area contributed by atoms with Crippen LogP contribution >= 0.6 is 0 Å². The molecule has 0 fully saturated rings. The third kappa shape index (κ3) is 4.43. The molecular formula is C18H25FN2. The summed E-state index contributed by atoms with van der Waals surface area (Å²) >= 11 is 0. The minimum Gasteiger partial charge on any atom is -0.354 e. The van der Waals surface area contributed by atoms with E-state index in [-0.39, 0.29) is 11.9 Å². The summed E-state index contributed by atoms with van der Waals surface area (Å²) < 4.78 is 15.3. The molecule has 0 radical (unpaired) electrons. The van der Waals surface area contributed by atoms with Crippen LogP contribution in [0.5, 0.6) is 0 Å².